The van der Waals surface area contributed by atoms with Crippen molar-refractivity contribution in [3.63, 3.8) is 0 Å². The van der Waals surface area contributed by atoms with Crippen molar-refractivity contribution >= 4 is 34.2 Å². The van der Waals surface area contributed by atoms with Gasteiger partial charge in [-0.1, -0.05) is 0 Å². The summed E-state index contributed by atoms with van der Waals surface area (Å²) in [6.07, 6.45) is 0.378. The van der Waals surface area contributed by atoms with Gasteiger partial charge in [-0.2, -0.15) is 0 Å². The maximum Gasteiger partial charge on any atom is 0.308 e. The molecule has 0 aliphatic rings. The fourth-order valence-electron chi connectivity index (χ4n) is 1.27. The molecule has 0 aromatic heterocycles. The highest BCUT2D eigenvalue weighted by Crippen LogP contribution is 2.12. The Hall–Kier alpha value is -0.780. The molecular weight excluding hydrogens is 329 g/mol. The van der Waals surface area contributed by atoms with E-state index in [-0.39, 0.29) is 5.97 Å². The molecule has 17 heavy (non-hydrogen) atoms. The lowest BCUT2D eigenvalue weighted by molar-refractivity contribution is -0.154. The summed E-state index contributed by atoms with van der Waals surface area (Å²) in [5.74, 6) is -0.171. The highest BCUT2D eigenvalue weighted by atomic mass is 127. The van der Waals surface area contributed by atoms with Crippen LogP contribution in [0.3, 0.4) is 0 Å². The molecule has 0 aliphatic carbocycles. The van der Waals surface area contributed by atoms with E-state index in [1.165, 1.54) is 3.57 Å². The van der Waals surface area contributed by atoms with Crippen LogP contribution in [0.15, 0.2) is 24.3 Å². The smallest absolute Gasteiger partial charge is 0.308 e. The van der Waals surface area contributed by atoms with E-state index in [1.807, 2.05) is 45.0 Å². The second-order valence-electron chi connectivity index (χ2n) is 4.77. The van der Waals surface area contributed by atoms with Crippen LogP contribution in [0, 0.1) is 3.57 Å². The van der Waals surface area contributed by atoms with E-state index in [1.54, 1.807) is 0 Å². The largest absolute Gasteiger partial charge is 0.460 e. The van der Waals surface area contributed by atoms with E-state index in [2.05, 4.69) is 27.9 Å². The van der Waals surface area contributed by atoms with Crippen molar-refractivity contribution in [2.24, 2.45) is 0 Å². The summed E-state index contributed by atoms with van der Waals surface area (Å²) in [6, 6.07) is 8.04. The van der Waals surface area contributed by atoms with E-state index < -0.39 is 5.60 Å². The Kier molecular flexibility index (Phi) is 5.24. The Morgan fingerprint density at radius 1 is 1.29 bits per heavy atom. The number of hydrogen-bond donors (Lipinski definition) is 1. The van der Waals surface area contributed by atoms with Gasteiger partial charge in [-0.05, 0) is 67.6 Å². The molecule has 0 atom stereocenters. The van der Waals surface area contributed by atoms with Crippen molar-refractivity contribution in [3.05, 3.63) is 27.8 Å². The zero-order valence-corrected chi connectivity index (χ0v) is 12.6. The molecule has 0 heterocycles. The molecule has 94 valence electrons. The van der Waals surface area contributed by atoms with Gasteiger partial charge in [0.25, 0.3) is 0 Å². The molecule has 4 heteroatoms. The molecule has 1 rings (SSSR count). The van der Waals surface area contributed by atoms with Crippen molar-refractivity contribution in [1.82, 2.24) is 0 Å². The monoisotopic (exact) mass is 347 g/mol. The van der Waals surface area contributed by atoms with Crippen LogP contribution >= 0.6 is 22.6 Å². The number of carbonyl (C=O) groups is 1. The van der Waals surface area contributed by atoms with Gasteiger partial charge < -0.3 is 10.1 Å². The molecule has 1 aromatic rings. The van der Waals surface area contributed by atoms with Crippen LogP contribution in [0.5, 0.6) is 0 Å². The average molecular weight is 347 g/mol. The molecule has 0 radical (unpaired) electrons. The first-order chi connectivity index (χ1) is 7.87. The number of anilines is 1. The molecule has 1 N–H and O–H groups in total. The Bertz CT molecular complexity index is 368. The molecule has 0 unspecified atom stereocenters. The van der Waals surface area contributed by atoms with Gasteiger partial charge in [-0.3, -0.25) is 4.79 Å². The third kappa shape index (κ3) is 6.51. The second kappa shape index (κ2) is 6.23. The van der Waals surface area contributed by atoms with Gasteiger partial charge in [-0.15, -0.1) is 0 Å². The second-order valence-corrected chi connectivity index (χ2v) is 6.02. The SMILES string of the molecule is CC(C)(C)OC(=O)CCNc1ccc(I)cc1. The maximum absolute atomic E-state index is 11.4. The zero-order valence-electron chi connectivity index (χ0n) is 10.4. The minimum atomic E-state index is -0.403. The summed E-state index contributed by atoms with van der Waals surface area (Å²) >= 11 is 2.26. The van der Waals surface area contributed by atoms with Crippen molar-refractivity contribution in [3.8, 4) is 0 Å². The fourth-order valence-corrected chi connectivity index (χ4v) is 1.63. The number of hydrogen-bond acceptors (Lipinski definition) is 3. The third-order valence-corrected chi connectivity index (χ3v) is 2.64. The summed E-state index contributed by atoms with van der Waals surface area (Å²) in [5, 5.41) is 3.18. The normalized spacial score (nSPS) is 11.1. The van der Waals surface area contributed by atoms with Gasteiger partial charge in [-0.25, -0.2) is 0 Å². The Labute approximate surface area is 116 Å². The quantitative estimate of drug-likeness (QED) is 0.670. The first kappa shape index (κ1) is 14.3. The molecular formula is C13H18INO2. The van der Waals surface area contributed by atoms with Gasteiger partial charge in [0, 0.05) is 15.8 Å². The number of carbonyl (C=O) groups excluding carboxylic acids is 1. The molecule has 0 aliphatic heterocycles. The van der Waals surface area contributed by atoms with E-state index in [4.69, 9.17) is 4.74 Å². The number of ether oxygens (including phenoxy) is 1. The molecule has 0 amide bonds. The van der Waals surface area contributed by atoms with Crippen LogP contribution in [0.1, 0.15) is 27.2 Å². The number of halogens is 1. The molecule has 3 nitrogen and oxygen atoms in total. The first-order valence-corrected chi connectivity index (χ1v) is 6.66. The van der Waals surface area contributed by atoms with E-state index >= 15 is 0 Å². The summed E-state index contributed by atoms with van der Waals surface area (Å²) < 4.78 is 6.41. The number of esters is 1. The number of benzene rings is 1. The summed E-state index contributed by atoms with van der Waals surface area (Å²) in [6.45, 7) is 6.21. The lowest BCUT2D eigenvalue weighted by Crippen LogP contribution is -2.25. The molecule has 0 saturated carbocycles. The van der Waals surface area contributed by atoms with Gasteiger partial charge in [0.05, 0.1) is 6.42 Å². The number of nitrogens with one attached hydrogen (secondary N) is 1. The van der Waals surface area contributed by atoms with Gasteiger partial charge in [0.15, 0.2) is 0 Å². The van der Waals surface area contributed by atoms with Gasteiger partial charge in [0.2, 0.25) is 0 Å². The van der Waals surface area contributed by atoms with Gasteiger partial charge >= 0.3 is 5.97 Å². The topological polar surface area (TPSA) is 38.3 Å². The minimum absolute atomic E-state index is 0.171. The highest BCUT2D eigenvalue weighted by Gasteiger charge is 2.15. The molecule has 0 saturated heterocycles. The first-order valence-electron chi connectivity index (χ1n) is 5.58. The maximum atomic E-state index is 11.4. The van der Waals surface area contributed by atoms with E-state index in [0.29, 0.717) is 13.0 Å². The van der Waals surface area contributed by atoms with Crippen LogP contribution in [0.4, 0.5) is 5.69 Å². The van der Waals surface area contributed by atoms with Crippen LogP contribution in [-0.4, -0.2) is 18.1 Å². The lowest BCUT2D eigenvalue weighted by Gasteiger charge is -2.19. The molecule has 0 bridgehead atoms. The van der Waals surface area contributed by atoms with Crippen LogP contribution in [0.2, 0.25) is 0 Å². The predicted molar refractivity (Wildman–Crippen MR) is 78.1 cm³/mol. The van der Waals surface area contributed by atoms with Crippen molar-refractivity contribution < 1.29 is 9.53 Å². The zero-order chi connectivity index (χ0) is 12.9. The Balaban J connectivity index is 2.28. The highest BCUT2D eigenvalue weighted by molar-refractivity contribution is 14.1. The predicted octanol–water partition coefficient (Wildman–Crippen LogP) is 3.43. The summed E-state index contributed by atoms with van der Waals surface area (Å²) in [4.78, 5) is 11.4. The van der Waals surface area contributed by atoms with Crippen LogP contribution in [0.25, 0.3) is 0 Å². The van der Waals surface area contributed by atoms with Crippen LogP contribution in [-0.2, 0) is 9.53 Å². The molecule has 1 aromatic carbocycles. The average Bonchev–Trinajstić information content (AvgIpc) is 2.18. The standard InChI is InChI=1S/C13H18INO2/c1-13(2,3)17-12(16)8-9-15-11-6-4-10(14)5-7-11/h4-7,15H,8-9H2,1-3H3. The third-order valence-electron chi connectivity index (χ3n) is 1.92. The molecule has 0 fully saturated rings. The van der Waals surface area contributed by atoms with Gasteiger partial charge in [0.1, 0.15) is 5.60 Å². The van der Waals surface area contributed by atoms with Crippen molar-refractivity contribution in [1.29, 1.82) is 0 Å². The van der Waals surface area contributed by atoms with E-state index in [0.717, 1.165) is 5.69 Å². The Morgan fingerprint density at radius 3 is 2.41 bits per heavy atom. The Morgan fingerprint density at radius 2 is 1.88 bits per heavy atom. The number of rotatable bonds is 4. The van der Waals surface area contributed by atoms with Crippen LogP contribution < -0.4 is 5.32 Å². The fraction of sp³-hybridized carbons (Fsp3) is 0.462. The van der Waals surface area contributed by atoms with Crippen molar-refractivity contribution in [2.45, 2.75) is 32.8 Å². The summed E-state index contributed by atoms with van der Waals surface area (Å²) in [7, 11) is 0. The minimum Gasteiger partial charge on any atom is -0.460 e. The van der Waals surface area contributed by atoms with E-state index in [9.17, 15) is 4.79 Å². The van der Waals surface area contributed by atoms with Crippen molar-refractivity contribution in [2.75, 3.05) is 11.9 Å². The lowest BCUT2D eigenvalue weighted by atomic mass is 10.2. The molecule has 0 spiro atoms. The summed E-state index contributed by atoms with van der Waals surface area (Å²) in [5.41, 5.74) is 0.619.